The first-order chi connectivity index (χ1) is 5.88. The minimum absolute atomic E-state index is 1.09. The highest BCUT2D eigenvalue weighted by Crippen LogP contribution is 2.22. The molecule has 0 aromatic heterocycles. The van der Waals surface area contributed by atoms with Gasteiger partial charge in [-0.15, -0.1) is 0 Å². The second-order valence-electron chi connectivity index (χ2n) is 3.31. The molecule has 0 unspecified atom stereocenters. The Balaban J connectivity index is 2.42. The van der Waals surface area contributed by atoms with Gasteiger partial charge in [0.1, 0.15) is 7.05 Å². The lowest BCUT2D eigenvalue weighted by Gasteiger charge is -2.08. The molecule has 1 aliphatic heterocycles. The van der Waals surface area contributed by atoms with E-state index in [0.29, 0.717) is 0 Å². The predicted molar refractivity (Wildman–Crippen MR) is 51.4 cm³/mol. The molecule has 1 heterocycles. The molecule has 0 amide bonds. The van der Waals surface area contributed by atoms with Gasteiger partial charge in [-0.05, 0) is 18.9 Å². The van der Waals surface area contributed by atoms with Gasteiger partial charge in [-0.3, -0.25) is 0 Å². The first-order valence-corrected chi connectivity index (χ1v) is 4.49. The molecule has 0 saturated carbocycles. The summed E-state index contributed by atoms with van der Waals surface area (Å²) in [7, 11) is 2.13. The highest BCUT2D eigenvalue weighted by molar-refractivity contribution is 5.67. The SMILES string of the molecule is C[N+]1=CC=CCC2=C1CCC=C2. The van der Waals surface area contributed by atoms with Gasteiger partial charge in [0.05, 0.1) is 0 Å². The van der Waals surface area contributed by atoms with Crippen LogP contribution in [0.25, 0.3) is 0 Å². The summed E-state index contributed by atoms with van der Waals surface area (Å²) in [6.07, 6.45) is 14.5. The summed E-state index contributed by atoms with van der Waals surface area (Å²) in [5.41, 5.74) is 2.97. The van der Waals surface area contributed by atoms with E-state index in [1.807, 2.05) is 0 Å². The maximum atomic E-state index is 2.27. The fourth-order valence-corrected chi connectivity index (χ4v) is 1.77. The van der Waals surface area contributed by atoms with Gasteiger partial charge in [-0.2, -0.15) is 0 Å². The van der Waals surface area contributed by atoms with Crippen LogP contribution in [0, 0.1) is 0 Å². The largest absolute Gasteiger partial charge is 0.205 e. The van der Waals surface area contributed by atoms with E-state index in [1.54, 1.807) is 0 Å². The number of hydrogen-bond donors (Lipinski definition) is 0. The van der Waals surface area contributed by atoms with Crippen molar-refractivity contribution in [1.29, 1.82) is 0 Å². The van der Waals surface area contributed by atoms with Crippen molar-refractivity contribution in [1.82, 2.24) is 0 Å². The van der Waals surface area contributed by atoms with Crippen molar-refractivity contribution in [3.8, 4) is 0 Å². The topological polar surface area (TPSA) is 3.01 Å². The van der Waals surface area contributed by atoms with Crippen molar-refractivity contribution in [3.05, 3.63) is 35.6 Å². The van der Waals surface area contributed by atoms with E-state index < -0.39 is 0 Å². The number of hydrogen-bond acceptors (Lipinski definition) is 0. The minimum atomic E-state index is 1.09. The van der Waals surface area contributed by atoms with Gasteiger partial charge in [0, 0.05) is 12.0 Å². The standard InChI is InChI=1S/C11H14N/c1-12-9-5-4-7-10-6-2-3-8-11(10)12/h2,4-6,9H,3,7-8H2,1H3/q+1. The first-order valence-electron chi connectivity index (χ1n) is 4.49. The molecule has 2 rings (SSSR count). The van der Waals surface area contributed by atoms with Crippen LogP contribution in [0.5, 0.6) is 0 Å². The highest BCUT2D eigenvalue weighted by atomic mass is 15.0. The summed E-state index contributed by atoms with van der Waals surface area (Å²) < 4.78 is 2.24. The van der Waals surface area contributed by atoms with Crippen LogP contribution in [0.2, 0.25) is 0 Å². The molecule has 0 radical (unpaired) electrons. The molecule has 0 fully saturated rings. The zero-order valence-electron chi connectivity index (χ0n) is 7.46. The van der Waals surface area contributed by atoms with Crippen LogP contribution in [-0.2, 0) is 0 Å². The van der Waals surface area contributed by atoms with Crippen LogP contribution in [-0.4, -0.2) is 17.8 Å². The molecule has 2 aliphatic rings. The summed E-state index contributed by atoms with van der Waals surface area (Å²) in [4.78, 5) is 0. The third kappa shape index (κ3) is 1.27. The lowest BCUT2D eigenvalue weighted by molar-refractivity contribution is -0.441. The Morgan fingerprint density at radius 2 is 2.25 bits per heavy atom. The second kappa shape index (κ2) is 3.10. The zero-order valence-corrected chi connectivity index (χ0v) is 7.46. The molecular weight excluding hydrogens is 146 g/mol. The number of rotatable bonds is 0. The van der Waals surface area contributed by atoms with E-state index in [9.17, 15) is 0 Å². The van der Waals surface area contributed by atoms with Gasteiger partial charge < -0.3 is 0 Å². The average molecular weight is 160 g/mol. The third-order valence-electron chi connectivity index (χ3n) is 2.45. The number of nitrogens with zero attached hydrogens (tertiary/aromatic N) is 1. The van der Waals surface area contributed by atoms with Crippen LogP contribution in [0.15, 0.2) is 35.6 Å². The monoisotopic (exact) mass is 160 g/mol. The molecule has 12 heavy (non-hydrogen) atoms. The minimum Gasteiger partial charge on any atom is -0.205 e. The molecule has 0 saturated heterocycles. The van der Waals surface area contributed by atoms with Crippen molar-refractivity contribution in [3.63, 3.8) is 0 Å². The molecule has 0 N–H and O–H groups in total. The Labute approximate surface area is 73.4 Å². The quantitative estimate of drug-likeness (QED) is 0.478. The van der Waals surface area contributed by atoms with E-state index in [2.05, 4.69) is 42.1 Å². The maximum absolute atomic E-state index is 2.27. The maximum Gasteiger partial charge on any atom is 0.184 e. The van der Waals surface area contributed by atoms with Crippen molar-refractivity contribution in [2.24, 2.45) is 0 Å². The fourth-order valence-electron chi connectivity index (χ4n) is 1.77. The van der Waals surface area contributed by atoms with Gasteiger partial charge in [-0.25, -0.2) is 4.58 Å². The molecule has 62 valence electrons. The predicted octanol–water partition coefficient (Wildman–Crippen LogP) is 2.26. The second-order valence-corrected chi connectivity index (χ2v) is 3.31. The molecule has 1 heteroatoms. The van der Waals surface area contributed by atoms with Crippen molar-refractivity contribution < 1.29 is 4.58 Å². The molecular formula is C11H14N+. The van der Waals surface area contributed by atoms with Gasteiger partial charge in [0.25, 0.3) is 0 Å². The summed E-state index contributed by atoms with van der Waals surface area (Å²) in [5.74, 6) is 0. The van der Waals surface area contributed by atoms with Gasteiger partial charge in [0.2, 0.25) is 0 Å². The first kappa shape index (κ1) is 7.53. The van der Waals surface area contributed by atoms with E-state index in [-0.39, 0.29) is 0 Å². The normalized spacial score (nSPS) is 21.9. The van der Waals surface area contributed by atoms with E-state index in [4.69, 9.17) is 0 Å². The Hall–Kier alpha value is -1.11. The average Bonchev–Trinajstić information content (AvgIpc) is 2.29. The lowest BCUT2D eigenvalue weighted by Crippen LogP contribution is -2.08. The third-order valence-corrected chi connectivity index (χ3v) is 2.45. The smallest absolute Gasteiger partial charge is 0.184 e. The fraction of sp³-hybridized carbons (Fsp3) is 0.364. The van der Waals surface area contributed by atoms with Crippen LogP contribution in [0.3, 0.4) is 0 Å². The lowest BCUT2D eigenvalue weighted by atomic mass is 10.0. The van der Waals surface area contributed by atoms with Crippen LogP contribution < -0.4 is 0 Å². The van der Waals surface area contributed by atoms with Crippen molar-refractivity contribution >= 4 is 6.21 Å². The Morgan fingerprint density at radius 3 is 3.17 bits per heavy atom. The van der Waals surface area contributed by atoms with Gasteiger partial charge >= 0.3 is 0 Å². The summed E-state index contributed by atoms with van der Waals surface area (Å²) in [6.45, 7) is 0. The molecule has 0 spiro atoms. The molecule has 0 aromatic rings. The summed E-state index contributed by atoms with van der Waals surface area (Å²) >= 11 is 0. The molecule has 0 aromatic carbocycles. The van der Waals surface area contributed by atoms with E-state index >= 15 is 0 Å². The molecule has 1 aliphatic carbocycles. The van der Waals surface area contributed by atoms with E-state index in [0.717, 1.165) is 6.42 Å². The number of allylic oxidation sites excluding steroid dienone is 6. The van der Waals surface area contributed by atoms with Crippen molar-refractivity contribution in [2.45, 2.75) is 19.3 Å². The Bertz CT molecular complexity index is 303. The Morgan fingerprint density at radius 1 is 1.33 bits per heavy atom. The van der Waals surface area contributed by atoms with E-state index in [1.165, 1.54) is 24.1 Å². The van der Waals surface area contributed by atoms with Gasteiger partial charge in [0.15, 0.2) is 11.9 Å². The molecule has 0 atom stereocenters. The van der Waals surface area contributed by atoms with Crippen molar-refractivity contribution in [2.75, 3.05) is 7.05 Å². The Kier molecular flexibility index (Phi) is 1.94. The van der Waals surface area contributed by atoms with Crippen LogP contribution >= 0.6 is 0 Å². The zero-order chi connectivity index (χ0) is 8.39. The van der Waals surface area contributed by atoms with Crippen LogP contribution in [0.1, 0.15) is 19.3 Å². The van der Waals surface area contributed by atoms with Gasteiger partial charge in [-0.1, -0.05) is 18.2 Å². The summed E-state index contributed by atoms with van der Waals surface area (Å²) in [6, 6.07) is 0. The highest BCUT2D eigenvalue weighted by Gasteiger charge is 2.16. The summed E-state index contributed by atoms with van der Waals surface area (Å²) in [5, 5.41) is 0. The van der Waals surface area contributed by atoms with Crippen LogP contribution in [0.4, 0.5) is 0 Å². The molecule has 1 nitrogen and oxygen atoms in total. The molecule has 0 bridgehead atoms.